The van der Waals surface area contributed by atoms with Crippen molar-refractivity contribution in [3.8, 4) is 0 Å². The van der Waals surface area contributed by atoms with Gasteiger partial charge in [-0.25, -0.2) is 0 Å². The second-order valence-corrected chi connectivity index (χ2v) is 5.00. The summed E-state index contributed by atoms with van der Waals surface area (Å²) in [5.41, 5.74) is 0.932. The molecule has 0 unspecified atom stereocenters. The quantitative estimate of drug-likeness (QED) is 0.622. The van der Waals surface area contributed by atoms with E-state index in [1.807, 2.05) is 37.3 Å². The van der Waals surface area contributed by atoms with Crippen molar-refractivity contribution in [2.45, 2.75) is 32.8 Å². The minimum atomic E-state index is -0.428. The highest BCUT2D eigenvalue weighted by Gasteiger charge is 2.20. The fourth-order valence-electron chi connectivity index (χ4n) is 1.91. The predicted octanol–water partition coefficient (Wildman–Crippen LogP) is 2.73. The van der Waals surface area contributed by atoms with Gasteiger partial charge in [-0.15, -0.1) is 0 Å². The molecular weight excluding hydrogens is 284 g/mol. The van der Waals surface area contributed by atoms with Gasteiger partial charge in [0.1, 0.15) is 6.61 Å². The molecule has 0 aliphatic rings. The summed E-state index contributed by atoms with van der Waals surface area (Å²) in [5, 5.41) is 0. The lowest BCUT2D eigenvalue weighted by atomic mass is 10.1. The van der Waals surface area contributed by atoms with E-state index in [1.165, 1.54) is 7.11 Å². The third kappa shape index (κ3) is 7.22. The van der Waals surface area contributed by atoms with Gasteiger partial charge in [-0.3, -0.25) is 9.59 Å². The number of carbonyl (C=O) groups is 2. The van der Waals surface area contributed by atoms with Gasteiger partial charge in [0.15, 0.2) is 0 Å². The molecule has 0 radical (unpaired) electrons. The Labute approximate surface area is 131 Å². The smallest absolute Gasteiger partial charge is 0.311 e. The molecule has 0 heterocycles. The van der Waals surface area contributed by atoms with E-state index < -0.39 is 5.92 Å². The van der Waals surface area contributed by atoms with Crippen LogP contribution in [0.5, 0.6) is 0 Å². The first-order valence-electron chi connectivity index (χ1n) is 7.52. The molecule has 0 saturated heterocycles. The highest BCUT2D eigenvalue weighted by atomic mass is 16.5. The lowest BCUT2D eigenvalue weighted by Crippen LogP contribution is -2.24. The average Bonchev–Trinajstić information content (AvgIpc) is 2.53. The fraction of sp³-hybridized carbons (Fsp3) is 0.529. The Hall–Kier alpha value is -1.88. The molecule has 22 heavy (non-hydrogen) atoms. The Morgan fingerprint density at radius 3 is 2.50 bits per heavy atom. The molecule has 5 heteroatoms. The second-order valence-electron chi connectivity index (χ2n) is 5.00. The molecule has 0 bridgehead atoms. The van der Waals surface area contributed by atoms with E-state index in [1.54, 1.807) is 0 Å². The lowest BCUT2D eigenvalue weighted by molar-refractivity contribution is -0.154. The van der Waals surface area contributed by atoms with E-state index in [0.717, 1.165) is 12.0 Å². The van der Waals surface area contributed by atoms with Crippen LogP contribution in [0.1, 0.15) is 31.7 Å². The first-order chi connectivity index (χ1) is 10.7. The molecule has 0 amide bonds. The molecular formula is C17H24O5. The van der Waals surface area contributed by atoms with Crippen LogP contribution in [-0.4, -0.2) is 32.3 Å². The fourth-order valence-corrected chi connectivity index (χ4v) is 1.91. The van der Waals surface area contributed by atoms with Crippen LogP contribution < -0.4 is 0 Å². The maximum atomic E-state index is 12.1. The zero-order valence-corrected chi connectivity index (χ0v) is 13.2. The van der Waals surface area contributed by atoms with Crippen LogP contribution in [0, 0.1) is 5.92 Å². The van der Waals surface area contributed by atoms with Gasteiger partial charge in [-0.05, 0) is 18.4 Å². The Balaban J connectivity index is 2.37. The maximum Gasteiger partial charge on any atom is 0.311 e. The first kappa shape index (κ1) is 18.2. The van der Waals surface area contributed by atoms with E-state index in [4.69, 9.17) is 14.2 Å². The van der Waals surface area contributed by atoms with Gasteiger partial charge < -0.3 is 14.2 Å². The summed E-state index contributed by atoms with van der Waals surface area (Å²) < 4.78 is 15.4. The van der Waals surface area contributed by atoms with Gasteiger partial charge >= 0.3 is 11.9 Å². The molecule has 0 aliphatic heterocycles. The largest absolute Gasteiger partial charge is 0.466 e. The van der Waals surface area contributed by atoms with Gasteiger partial charge in [-0.1, -0.05) is 37.3 Å². The molecule has 122 valence electrons. The Bertz CT molecular complexity index is 444. The Morgan fingerprint density at radius 2 is 1.86 bits per heavy atom. The number of carbonyl (C=O) groups excluding carboxylic acids is 2. The molecule has 1 aromatic carbocycles. The van der Waals surface area contributed by atoms with Gasteiger partial charge in [0.2, 0.25) is 0 Å². The summed E-state index contributed by atoms with van der Waals surface area (Å²) >= 11 is 0. The molecule has 0 saturated carbocycles. The average molecular weight is 308 g/mol. The molecule has 5 nitrogen and oxygen atoms in total. The molecule has 0 spiro atoms. The Kier molecular flexibility index (Phi) is 8.91. The number of ether oxygens (including phenoxy) is 3. The SMILES string of the molecule is CCCC(=O)OCC[C@H](COC)C(=O)OCc1ccccc1. The minimum absolute atomic E-state index is 0.202. The summed E-state index contributed by atoms with van der Waals surface area (Å²) in [6.07, 6.45) is 1.55. The minimum Gasteiger partial charge on any atom is -0.466 e. The van der Waals surface area contributed by atoms with Crippen molar-refractivity contribution in [1.82, 2.24) is 0 Å². The van der Waals surface area contributed by atoms with Crippen LogP contribution >= 0.6 is 0 Å². The van der Waals surface area contributed by atoms with Gasteiger partial charge in [0, 0.05) is 13.5 Å². The number of rotatable bonds is 10. The summed E-state index contributed by atoms with van der Waals surface area (Å²) in [7, 11) is 1.53. The van der Waals surface area contributed by atoms with Gasteiger partial charge in [0.05, 0.1) is 19.1 Å². The number of hydrogen-bond donors (Lipinski definition) is 0. The van der Waals surface area contributed by atoms with Crippen molar-refractivity contribution in [3.63, 3.8) is 0 Å². The number of methoxy groups -OCH3 is 1. The van der Waals surface area contributed by atoms with Crippen molar-refractivity contribution in [1.29, 1.82) is 0 Å². The predicted molar refractivity (Wildman–Crippen MR) is 82.1 cm³/mol. The van der Waals surface area contributed by atoms with Crippen LogP contribution in [-0.2, 0) is 30.4 Å². The zero-order chi connectivity index (χ0) is 16.2. The van der Waals surface area contributed by atoms with Crippen LogP contribution in [0.3, 0.4) is 0 Å². The third-order valence-electron chi connectivity index (χ3n) is 3.11. The topological polar surface area (TPSA) is 61.8 Å². The van der Waals surface area contributed by atoms with E-state index >= 15 is 0 Å². The number of hydrogen-bond acceptors (Lipinski definition) is 5. The number of benzene rings is 1. The zero-order valence-electron chi connectivity index (χ0n) is 13.2. The van der Waals surface area contributed by atoms with E-state index in [-0.39, 0.29) is 31.8 Å². The van der Waals surface area contributed by atoms with Crippen molar-refractivity contribution >= 4 is 11.9 Å². The third-order valence-corrected chi connectivity index (χ3v) is 3.11. The highest BCUT2D eigenvalue weighted by Crippen LogP contribution is 2.10. The van der Waals surface area contributed by atoms with Crippen LogP contribution in [0.15, 0.2) is 30.3 Å². The summed E-state index contributed by atoms with van der Waals surface area (Å²) in [4.78, 5) is 23.4. The lowest BCUT2D eigenvalue weighted by Gasteiger charge is -2.15. The van der Waals surface area contributed by atoms with Crippen LogP contribution in [0.2, 0.25) is 0 Å². The van der Waals surface area contributed by atoms with E-state index in [0.29, 0.717) is 12.8 Å². The molecule has 0 fully saturated rings. The monoisotopic (exact) mass is 308 g/mol. The first-order valence-corrected chi connectivity index (χ1v) is 7.52. The van der Waals surface area contributed by atoms with Crippen molar-refractivity contribution in [2.75, 3.05) is 20.3 Å². The summed E-state index contributed by atoms with van der Waals surface area (Å²) in [5.74, 6) is -1.00. The highest BCUT2D eigenvalue weighted by molar-refractivity contribution is 5.72. The summed E-state index contributed by atoms with van der Waals surface area (Å²) in [6, 6.07) is 9.48. The van der Waals surface area contributed by atoms with Crippen molar-refractivity contribution in [3.05, 3.63) is 35.9 Å². The number of esters is 2. The molecule has 1 rings (SSSR count). The van der Waals surface area contributed by atoms with Crippen molar-refractivity contribution < 1.29 is 23.8 Å². The van der Waals surface area contributed by atoms with Gasteiger partial charge in [-0.2, -0.15) is 0 Å². The maximum absolute atomic E-state index is 12.1. The molecule has 1 aromatic rings. The van der Waals surface area contributed by atoms with Crippen LogP contribution in [0.25, 0.3) is 0 Å². The summed E-state index contributed by atoms with van der Waals surface area (Å²) in [6.45, 7) is 2.59. The second kappa shape index (κ2) is 10.8. The van der Waals surface area contributed by atoms with Gasteiger partial charge in [0.25, 0.3) is 0 Å². The molecule has 0 aliphatic carbocycles. The van der Waals surface area contributed by atoms with E-state index in [9.17, 15) is 9.59 Å². The van der Waals surface area contributed by atoms with E-state index in [2.05, 4.69) is 0 Å². The Morgan fingerprint density at radius 1 is 1.14 bits per heavy atom. The normalized spacial score (nSPS) is 11.7. The molecule has 0 N–H and O–H groups in total. The molecule has 1 atom stereocenters. The standard InChI is InChI=1S/C17H24O5/c1-3-7-16(18)21-11-10-15(13-20-2)17(19)22-12-14-8-5-4-6-9-14/h4-6,8-9,15H,3,7,10-13H2,1-2H3/t15-/m1/s1. The van der Waals surface area contributed by atoms with Crippen molar-refractivity contribution in [2.24, 2.45) is 5.92 Å². The van der Waals surface area contributed by atoms with Crippen LogP contribution in [0.4, 0.5) is 0 Å². The molecule has 0 aromatic heterocycles.